The molecule has 0 aliphatic rings. The fourth-order valence-corrected chi connectivity index (χ4v) is 2.72. The lowest BCUT2D eigenvalue weighted by atomic mass is 9.95. The second kappa shape index (κ2) is 5.24. The summed E-state index contributed by atoms with van der Waals surface area (Å²) in [5, 5.41) is 9.14. The molecule has 0 aliphatic carbocycles. The summed E-state index contributed by atoms with van der Waals surface area (Å²) in [6.07, 6.45) is 0. The van der Waals surface area contributed by atoms with E-state index >= 15 is 0 Å². The Morgan fingerprint density at radius 2 is 1.68 bits per heavy atom. The van der Waals surface area contributed by atoms with E-state index in [1.165, 1.54) is 0 Å². The van der Waals surface area contributed by atoms with E-state index in [1.807, 2.05) is 32.9 Å². The van der Waals surface area contributed by atoms with Crippen LogP contribution < -0.4 is 0 Å². The van der Waals surface area contributed by atoms with E-state index in [1.54, 1.807) is 4.57 Å². The van der Waals surface area contributed by atoms with Crippen LogP contribution >= 0.6 is 50.7 Å². The summed E-state index contributed by atoms with van der Waals surface area (Å²) in [5.41, 5.74) is 0.443. The van der Waals surface area contributed by atoms with Gasteiger partial charge in [-0.15, -0.1) is 10.2 Å². The standard InChI is InChI=1S/C12H11BrCl3N3/c1-12(2,3)10-17-18-11(16)19(10)7-5-4-6(13)8(14)9(7)15/h4-5H,1-3H3. The van der Waals surface area contributed by atoms with Crippen LogP contribution in [0.15, 0.2) is 16.6 Å². The van der Waals surface area contributed by atoms with Crippen LogP contribution in [0.25, 0.3) is 5.69 Å². The van der Waals surface area contributed by atoms with Crippen molar-refractivity contribution in [2.45, 2.75) is 26.2 Å². The summed E-state index contributed by atoms with van der Waals surface area (Å²) in [5.74, 6) is 0.720. The number of benzene rings is 1. The zero-order valence-corrected chi connectivity index (χ0v) is 14.4. The minimum absolute atomic E-state index is 0.219. The number of hydrogen-bond donors (Lipinski definition) is 0. The van der Waals surface area contributed by atoms with Gasteiger partial charge in [-0.25, -0.2) is 0 Å². The molecule has 0 spiro atoms. The molecule has 0 radical (unpaired) electrons. The molecule has 0 saturated heterocycles. The van der Waals surface area contributed by atoms with Crippen molar-refractivity contribution < 1.29 is 0 Å². The highest BCUT2D eigenvalue weighted by molar-refractivity contribution is 9.10. The molecule has 102 valence electrons. The highest BCUT2D eigenvalue weighted by Crippen LogP contribution is 2.37. The molecule has 0 bridgehead atoms. The first-order valence-electron chi connectivity index (χ1n) is 5.48. The van der Waals surface area contributed by atoms with Gasteiger partial charge in [-0.1, -0.05) is 44.0 Å². The molecule has 1 aromatic heterocycles. The highest BCUT2D eigenvalue weighted by Gasteiger charge is 2.26. The van der Waals surface area contributed by atoms with Crippen molar-refractivity contribution in [2.75, 3.05) is 0 Å². The Morgan fingerprint density at radius 1 is 1.05 bits per heavy atom. The van der Waals surface area contributed by atoms with Gasteiger partial charge in [0.25, 0.3) is 0 Å². The van der Waals surface area contributed by atoms with Gasteiger partial charge in [0.1, 0.15) is 5.82 Å². The van der Waals surface area contributed by atoms with Crippen molar-refractivity contribution >= 4 is 50.7 Å². The lowest BCUT2D eigenvalue weighted by Crippen LogP contribution is -2.18. The van der Waals surface area contributed by atoms with Crippen molar-refractivity contribution in [1.29, 1.82) is 0 Å². The van der Waals surface area contributed by atoms with E-state index in [0.717, 1.165) is 10.3 Å². The van der Waals surface area contributed by atoms with Gasteiger partial charge in [-0.05, 0) is 39.7 Å². The Morgan fingerprint density at radius 3 is 2.26 bits per heavy atom. The summed E-state index contributed by atoms with van der Waals surface area (Å²) in [7, 11) is 0. The third-order valence-corrected chi connectivity index (χ3v) is 4.56. The average molecular weight is 384 g/mol. The van der Waals surface area contributed by atoms with Crippen LogP contribution in [0.4, 0.5) is 0 Å². The number of halogens is 4. The van der Waals surface area contributed by atoms with Gasteiger partial charge in [-0.2, -0.15) is 0 Å². The van der Waals surface area contributed by atoms with E-state index in [0.29, 0.717) is 15.7 Å². The van der Waals surface area contributed by atoms with Crippen LogP contribution in [0, 0.1) is 0 Å². The van der Waals surface area contributed by atoms with Gasteiger partial charge in [-0.3, -0.25) is 4.57 Å². The molecule has 2 rings (SSSR count). The van der Waals surface area contributed by atoms with Crippen molar-refractivity contribution in [2.24, 2.45) is 0 Å². The number of nitrogens with zero attached hydrogens (tertiary/aromatic N) is 3. The maximum absolute atomic E-state index is 6.29. The summed E-state index contributed by atoms with van der Waals surface area (Å²) in [6.45, 7) is 6.08. The quantitative estimate of drug-likeness (QED) is 0.627. The summed E-state index contributed by atoms with van der Waals surface area (Å²) in [4.78, 5) is 0. The molecule has 1 aromatic carbocycles. The molecule has 0 saturated carbocycles. The maximum atomic E-state index is 6.29. The topological polar surface area (TPSA) is 30.7 Å². The minimum Gasteiger partial charge on any atom is -0.268 e. The maximum Gasteiger partial charge on any atom is 0.229 e. The zero-order chi connectivity index (χ0) is 14.4. The fourth-order valence-electron chi connectivity index (χ4n) is 1.65. The van der Waals surface area contributed by atoms with Crippen LogP contribution in [-0.4, -0.2) is 14.8 Å². The predicted octanol–water partition coefficient (Wildman–Crippen LogP) is 5.29. The molecule has 0 N–H and O–H groups in total. The molecular formula is C12H11BrCl3N3. The van der Waals surface area contributed by atoms with Gasteiger partial charge in [0.2, 0.25) is 5.28 Å². The number of hydrogen-bond acceptors (Lipinski definition) is 2. The molecule has 2 aromatic rings. The smallest absolute Gasteiger partial charge is 0.229 e. The molecule has 0 fully saturated rings. The largest absolute Gasteiger partial charge is 0.268 e. The van der Waals surface area contributed by atoms with Gasteiger partial charge in [0.15, 0.2) is 0 Å². The Labute approximate surface area is 135 Å². The molecule has 3 nitrogen and oxygen atoms in total. The third-order valence-electron chi connectivity index (χ3n) is 2.55. The molecule has 7 heteroatoms. The lowest BCUT2D eigenvalue weighted by Gasteiger charge is -2.20. The van der Waals surface area contributed by atoms with Gasteiger partial charge < -0.3 is 0 Å². The lowest BCUT2D eigenvalue weighted by molar-refractivity contribution is 0.533. The van der Waals surface area contributed by atoms with E-state index in [-0.39, 0.29) is 10.7 Å². The predicted molar refractivity (Wildman–Crippen MR) is 82.8 cm³/mol. The molecule has 1 heterocycles. The number of rotatable bonds is 1. The van der Waals surface area contributed by atoms with Crippen LogP contribution in [0.3, 0.4) is 0 Å². The van der Waals surface area contributed by atoms with Crippen molar-refractivity contribution in [3.05, 3.63) is 37.8 Å². The van der Waals surface area contributed by atoms with E-state index in [9.17, 15) is 0 Å². The second-order valence-corrected chi connectivity index (χ2v) is 7.02. The average Bonchev–Trinajstić information content (AvgIpc) is 2.68. The van der Waals surface area contributed by atoms with Gasteiger partial charge in [0.05, 0.1) is 15.7 Å². The van der Waals surface area contributed by atoms with Gasteiger partial charge >= 0.3 is 0 Å². The Bertz CT molecular complexity index is 632. The SMILES string of the molecule is CC(C)(C)c1nnc(Cl)n1-c1ccc(Br)c(Cl)c1Cl. The molecule has 0 amide bonds. The van der Waals surface area contributed by atoms with Crippen LogP contribution in [-0.2, 0) is 5.41 Å². The normalized spacial score (nSPS) is 11.9. The fraction of sp³-hybridized carbons (Fsp3) is 0.333. The zero-order valence-electron chi connectivity index (χ0n) is 10.5. The Hall–Kier alpha value is -0.290. The van der Waals surface area contributed by atoms with Crippen LogP contribution in [0.1, 0.15) is 26.6 Å². The first-order valence-corrected chi connectivity index (χ1v) is 7.41. The summed E-state index contributed by atoms with van der Waals surface area (Å²) in [6, 6.07) is 3.63. The third kappa shape index (κ3) is 2.77. The van der Waals surface area contributed by atoms with Crippen molar-refractivity contribution in [3.63, 3.8) is 0 Å². The Balaban J connectivity index is 2.73. The minimum atomic E-state index is -0.219. The summed E-state index contributed by atoms with van der Waals surface area (Å²) < 4.78 is 2.44. The van der Waals surface area contributed by atoms with Crippen LogP contribution in [0.5, 0.6) is 0 Å². The van der Waals surface area contributed by atoms with E-state index in [4.69, 9.17) is 34.8 Å². The van der Waals surface area contributed by atoms with E-state index in [2.05, 4.69) is 26.1 Å². The van der Waals surface area contributed by atoms with E-state index < -0.39 is 0 Å². The highest BCUT2D eigenvalue weighted by atomic mass is 79.9. The second-order valence-electron chi connectivity index (χ2n) is 5.07. The van der Waals surface area contributed by atoms with Crippen LogP contribution in [0.2, 0.25) is 15.3 Å². The molecule has 0 aliphatic heterocycles. The monoisotopic (exact) mass is 381 g/mol. The van der Waals surface area contributed by atoms with Gasteiger partial charge in [0, 0.05) is 9.89 Å². The molecule has 0 atom stereocenters. The molecule has 0 unspecified atom stereocenters. The first kappa shape index (κ1) is 15.1. The molecular weight excluding hydrogens is 372 g/mol. The first-order chi connectivity index (χ1) is 8.73. The number of aromatic nitrogens is 3. The van der Waals surface area contributed by atoms with Crippen molar-refractivity contribution in [1.82, 2.24) is 14.8 Å². The van der Waals surface area contributed by atoms with Crippen molar-refractivity contribution in [3.8, 4) is 5.69 Å². The summed E-state index contributed by atoms with van der Waals surface area (Å²) >= 11 is 21.9. The molecule has 19 heavy (non-hydrogen) atoms. The Kier molecular flexibility index (Phi) is 4.17.